The van der Waals surface area contributed by atoms with Crippen molar-refractivity contribution < 1.29 is 9.18 Å². The molecule has 0 unspecified atom stereocenters. The molecular formula is C22H24FN3O. The fraction of sp³-hybridized carbons (Fsp3) is 0.273. The molecule has 27 heavy (non-hydrogen) atoms. The molecule has 3 aromatic rings. The maximum atomic E-state index is 12.9. The average Bonchev–Trinajstić information content (AvgIpc) is 2.97. The predicted octanol–water partition coefficient (Wildman–Crippen LogP) is 4.05. The molecule has 5 heteroatoms. The third kappa shape index (κ3) is 5.26. The van der Waals surface area contributed by atoms with Gasteiger partial charge in [-0.25, -0.2) is 4.39 Å². The van der Waals surface area contributed by atoms with Crippen LogP contribution in [0.15, 0.2) is 54.6 Å². The first kappa shape index (κ1) is 18.8. The van der Waals surface area contributed by atoms with E-state index in [1.807, 2.05) is 48.9 Å². The quantitative estimate of drug-likeness (QED) is 0.642. The highest BCUT2D eigenvalue weighted by molar-refractivity contribution is 5.94. The Kier molecular flexibility index (Phi) is 6.01. The lowest BCUT2D eigenvalue weighted by atomic mass is 10.1. The zero-order chi connectivity index (χ0) is 19.2. The summed E-state index contributed by atoms with van der Waals surface area (Å²) in [6.45, 7) is 5.30. The molecule has 0 saturated heterocycles. The number of rotatable bonds is 7. The van der Waals surface area contributed by atoms with Crippen molar-refractivity contribution in [3.8, 4) is 0 Å². The lowest BCUT2D eigenvalue weighted by molar-refractivity contribution is 0.0953. The summed E-state index contributed by atoms with van der Waals surface area (Å²) in [5.41, 5.74) is 4.95. The van der Waals surface area contributed by atoms with Crippen LogP contribution in [0.4, 0.5) is 4.39 Å². The molecular weight excluding hydrogens is 341 g/mol. The van der Waals surface area contributed by atoms with Gasteiger partial charge in [0, 0.05) is 17.8 Å². The second-order valence-corrected chi connectivity index (χ2v) is 6.77. The van der Waals surface area contributed by atoms with E-state index in [2.05, 4.69) is 10.4 Å². The molecule has 0 fully saturated rings. The van der Waals surface area contributed by atoms with Gasteiger partial charge in [0.1, 0.15) is 5.82 Å². The van der Waals surface area contributed by atoms with E-state index in [0.29, 0.717) is 18.7 Å². The molecule has 0 spiro atoms. The van der Waals surface area contributed by atoms with Gasteiger partial charge in [0.05, 0.1) is 12.2 Å². The van der Waals surface area contributed by atoms with Crippen molar-refractivity contribution in [1.29, 1.82) is 0 Å². The minimum atomic E-state index is -0.228. The van der Waals surface area contributed by atoms with Gasteiger partial charge in [-0.2, -0.15) is 5.10 Å². The highest BCUT2D eigenvalue weighted by Crippen LogP contribution is 2.10. The topological polar surface area (TPSA) is 46.9 Å². The first-order valence-corrected chi connectivity index (χ1v) is 9.14. The number of aryl methyl sites for hydroxylation is 3. The summed E-state index contributed by atoms with van der Waals surface area (Å²) >= 11 is 0. The average molecular weight is 365 g/mol. The molecule has 0 saturated carbocycles. The van der Waals surface area contributed by atoms with Gasteiger partial charge in [0.25, 0.3) is 5.91 Å². The number of carbonyl (C=O) groups is 1. The van der Waals surface area contributed by atoms with E-state index >= 15 is 0 Å². The Bertz CT molecular complexity index is 898. The van der Waals surface area contributed by atoms with Crippen molar-refractivity contribution in [2.24, 2.45) is 0 Å². The lowest BCUT2D eigenvalue weighted by Crippen LogP contribution is -2.24. The first-order valence-electron chi connectivity index (χ1n) is 9.14. The molecule has 2 aromatic carbocycles. The smallest absolute Gasteiger partial charge is 0.251 e. The number of aromatic nitrogens is 2. The summed E-state index contributed by atoms with van der Waals surface area (Å²) in [6, 6.07) is 16.1. The van der Waals surface area contributed by atoms with Crippen LogP contribution in [0.2, 0.25) is 0 Å². The number of nitrogens with zero attached hydrogens (tertiary/aromatic N) is 2. The van der Waals surface area contributed by atoms with Gasteiger partial charge in [-0.3, -0.25) is 9.48 Å². The maximum Gasteiger partial charge on any atom is 0.251 e. The molecule has 1 heterocycles. The summed E-state index contributed by atoms with van der Waals surface area (Å²) in [7, 11) is 0. The van der Waals surface area contributed by atoms with E-state index in [-0.39, 0.29) is 11.7 Å². The van der Waals surface area contributed by atoms with Crippen molar-refractivity contribution in [2.75, 3.05) is 6.54 Å². The molecule has 0 radical (unpaired) electrons. The van der Waals surface area contributed by atoms with Crippen LogP contribution in [0.25, 0.3) is 0 Å². The molecule has 0 aliphatic rings. The van der Waals surface area contributed by atoms with Crippen LogP contribution < -0.4 is 5.32 Å². The van der Waals surface area contributed by atoms with E-state index in [1.54, 1.807) is 12.1 Å². The van der Waals surface area contributed by atoms with Crippen molar-refractivity contribution in [3.05, 3.63) is 88.5 Å². The Morgan fingerprint density at radius 3 is 2.33 bits per heavy atom. The third-order valence-electron chi connectivity index (χ3n) is 4.49. The van der Waals surface area contributed by atoms with Crippen molar-refractivity contribution in [1.82, 2.24) is 15.1 Å². The summed E-state index contributed by atoms with van der Waals surface area (Å²) in [5, 5.41) is 7.39. The first-order chi connectivity index (χ1) is 13.0. The summed E-state index contributed by atoms with van der Waals surface area (Å²) in [6.07, 6.45) is 1.62. The van der Waals surface area contributed by atoms with Crippen LogP contribution in [-0.4, -0.2) is 22.2 Å². The van der Waals surface area contributed by atoms with E-state index in [4.69, 9.17) is 0 Å². The fourth-order valence-electron chi connectivity index (χ4n) is 3.02. The lowest BCUT2D eigenvalue weighted by Gasteiger charge is -2.08. The third-order valence-corrected chi connectivity index (χ3v) is 4.49. The number of carbonyl (C=O) groups excluding carboxylic acids is 1. The van der Waals surface area contributed by atoms with Gasteiger partial charge in [0.15, 0.2) is 0 Å². The van der Waals surface area contributed by atoms with Crippen molar-refractivity contribution in [2.45, 2.75) is 33.2 Å². The second-order valence-electron chi connectivity index (χ2n) is 6.77. The standard InChI is InChI=1S/C22H24FN3O/c1-16-14-17(2)26(25-16)15-19-5-9-20(10-6-19)22(27)24-13-3-4-18-7-11-21(23)12-8-18/h5-12,14H,3-4,13,15H2,1-2H3,(H,24,27). The Morgan fingerprint density at radius 2 is 1.70 bits per heavy atom. The number of halogens is 1. The summed E-state index contributed by atoms with van der Waals surface area (Å²) in [4.78, 5) is 12.2. The molecule has 1 amide bonds. The Hall–Kier alpha value is -2.95. The predicted molar refractivity (Wildman–Crippen MR) is 104 cm³/mol. The summed E-state index contributed by atoms with van der Waals surface area (Å²) in [5.74, 6) is -0.305. The van der Waals surface area contributed by atoms with Gasteiger partial charge in [-0.05, 0) is 68.1 Å². The second kappa shape index (κ2) is 8.62. The van der Waals surface area contributed by atoms with Crippen LogP contribution in [0.3, 0.4) is 0 Å². The minimum absolute atomic E-state index is 0.0771. The van der Waals surface area contributed by atoms with E-state index in [9.17, 15) is 9.18 Å². The number of hydrogen-bond donors (Lipinski definition) is 1. The van der Waals surface area contributed by atoms with Gasteiger partial charge >= 0.3 is 0 Å². The fourth-order valence-corrected chi connectivity index (χ4v) is 3.02. The van der Waals surface area contributed by atoms with E-state index < -0.39 is 0 Å². The molecule has 4 nitrogen and oxygen atoms in total. The normalized spacial score (nSPS) is 10.8. The highest BCUT2D eigenvalue weighted by Gasteiger charge is 2.06. The van der Waals surface area contributed by atoms with Crippen molar-refractivity contribution in [3.63, 3.8) is 0 Å². The molecule has 0 atom stereocenters. The van der Waals surface area contributed by atoms with Crippen LogP contribution in [-0.2, 0) is 13.0 Å². The molecule has 0 aliphatic carbocycles. The van der Waals surface area contributed by atoms with Crippen molar-refractivity contribution >= 4 is 5.91 Å². The number of hydrogen-bond acceptors (Lipinski definition) is 2. The molecule has 140 valence electrons. The maximum absolute atomic E-state index is 12.9. The Balaban J connectivity index is 1.47. The van der Waals surface area contributed by atoms with E-state index in [1.165, 1.54) is 12.1 Å². The number of amides is 1. The van der Waals surface area contributed by atoms with E-state index in [0.717, 1.165) is 35.4 Å². The van der Waals surface area contributed by atoms with Gasteiger partial charge in [0.2, 0.25) is 0 Å². The largest absolute Gasteiger partial charge is 0.352 e. The van der Waals surface area contributed by atoms with Gasteiger partial charge < -0.3 is 5.32 Å². The molecule has 0 aliphatic heterocycles. The number of nitrogens with one attached hydrogen (secondary N) is 1. The van der Waals surface area contributed by atoms with Gasteiger partial charge in [-0.1, -0.05) is 24.3 Å². The zero-order valence-electron chi connectivity index (χ0n) is 15.7. The Morgan fingerprint density at radius 1 is 1.04 bits per heavy atom. The monoisotopic (exact) mass is 365 g/mol. The molecule has 1 aromatic heterocycles. The van der Waals surface area contributed by atoms with Crippen LogP contribution in [0, 0.1) is 19.7 Å². The zero-order valence-corrected chi connectivity index (χ0v) is 15.7. The van der Waals surface area contributed by atoms with Crippen LogP contribution in [0.5, 0.6) is 0 Å². The molecule has 0 bridgehead atoms. The SMILES string of the molecule is Cc1cc(C)n(Cc2ccc(C(=O)NCCCc3ccc(F)cc3)cc2)n1. The summed E-state index contributed by atoms with van der Waals surface area (Å²) < 4.78 is 14.8. The number of benzene rings is 2. The molecule has 1 N–H and O–H groups in total. The molecule has 3 rings (SSSR count). The highest BCUT2D eigenvalue weighted by atomic mass is 19.1. The van der Waals surface area contributed by atoms with Gasteiger partial charge in [-0.15, -0.1) is 0 Å². The Labute approximate surface area is 159 Å². The van der Waals surface area contributed by atoms with Crippen LogP contribution >= 0.6 is 0 Å². The van der Waals surface area contributed by atoms with Crippen LogP contribution in [0.1, 0.15) is 39.3 Å². The minimum Gasteiger partial charge on any atom is -0.352 e.